The third-order valence-electron chi connectivity index (χ3n) is 3.82. The molecule has 0 radical (unpaired) electrons. The Morgan fingerprint density at radius 1 is 1.12 bits per heavy atom. The van der Waals surface area contributed by atoms with Gasteiger partial charge in [0.2, 0.25) is 0 Å². The molecule has 8 heteroatoms. The van der Waals surface area contributed by atoms with Crippen LogP contribution in [0.25, 0.3) is 0 Å². The summed E-state index contributed by atoms with van der Waals surface area (Å²) in [4.78, 5) is 24.7. The number of nitrogens with one attached hydrogen (secondary N) is 1. The molecule has 2 rings (SSSR count). The minimum Gasteiger partial charge on any atom is -0.395 e. The molecule has 0 aromatic heterocycles. The van der Waals surface area contributed by atoms with Crippen LogP contribution < -0.4 is 10.2 Å². The lowest BCUT2D eigenvalue weighted by Crippen LogP contribution is -2.30. The molecule has 3 N–H and O–H groups in total. The molecular formula is C18H21N3O5. The van der Waals surface area contributed by atoms with Crippen LogP contribution in [0.1, 0.15) is 15.9 Å². The lowest BCUT2D eigenvalue weighted by Gasteiger charge is -2.22. The van der Waals surface area contributed by atoms with Gasteiger partial charge in [0.1, 0.15) is 5.69 Å². The van der Waals surface area contributed by atoms with Crippen molar-refractivity contribution in [3.05, 3.63) is 63.7 Å². The molecule has 0 heterocycles. The van der Waals surface area contributed by atoms with E-state index in [-0.39, 0.29) is 43.2 Å². The molecule has 0 bridgehead atoms. The minimum atomic E-state index is -0.584. The second kappa shape index (κ2) is 8.93. The number of nitro groups is 1. The molecule has 138 valence electrons. The monoisotopic (exact) mass is 359 g/mol. The number of anilines is 2. The van der Waals surface area contributed by atoms with Crippen LogP contribution in [-0.2, 0) is 0 Å². The molecule has 26 heavy (non-hydrogen) atoms. The number of aryl methyl sites for hydroxylation is 1. The number of amides is 1. The number of carbonyl (C=O) groups is 1. The van der Waals surface area contributed by atoms with Gasteiger partial charge in [0, 0.05) is 30.4 Å². The first-order valence-electron chi connectivity index (χ1n) is 8.09. The maximum absolute atomic E-state index is 12.4. The zero-order chi connectivity index (χ0) is 19.1. The van der Waals surface area contributed by atoms with E-state index in [1.807, 2.05) is 19.1 Å². The van der Waals surface area contributed by atoms with Crippen LogP contribution in [0.3, 0.4) is 0 Å². The SMILES string of the molecule is Cc1ccc(NC(=O)c2ccc(N(CCO)CCO)c([N+](=O)[O-])c2)cc1. The Labute approximate surface area is 150 Å². The van der Waals surface area contributed by atoms with Gasteiger partial charge in [-0.1, -0.05) is 17.7 Å². The third-order valence-corrected chi connectivity index (χ3v) is 3.82. The number of aliphatic hydroxyl groups is 2. The van der Waals surface area contributed by atoms with Gasteiger partial charge in [-0.15, -0.1) is 0 Å². The summed E-state index contributed by atoms with van der Waals surface area (Å²) in [5.41, 5.74) is 1.77. The summed E-state index contributed by atoms with van der Waals surface area (Å²) in [5, 5.41) is 32.4. The number of carbonyl (C=O) groups excluding carboxylic acids is 1. The Balaban J connectivity index is 2.30. The van der Waals surface area contributed by atoms with Gasteiger partial charge in [-0.3, -0.25) is 14.9 Å². The molecule has 0 aliphatic carbocycles. The highest BCUT2D eigenvalue weighted by molar-refractivity contribution is 6.05. The summed E-state index contributed by atoms with van der Waals surface area (Å²) < 4.78 is 0. The Morgan fingerprint density at radius 3 is 2.27 bits per heavy atom. The van der Waals surface area contributed by atoms with E-state index in [9.17, 15) is 14.9 Å². The van der Waals surface area contributed by atoms with E-state index in [2.05, 4.69) is 5.32 Å². The fraction of sp³-hybridized carbons (Fsp3) is 0.278. The standard InChI is InChI=1S/C18H21N3O5/c1-13-2-5-15(6-3-13)19-18(24)14-4-7-16(17(12-14)21(25)26)20(8-10-22)9-11-23/h2-7,12,22-23H,8-11H2,1H3,(H,19,24). The largest absolute Gasteiger partial charge is 0.395 e. The lowest BCUT2D eigenvalue weighted by molar-refractivity contribution is -0.384. The molecule has 0 aliphatic heterocycles. The molecule has 0 aliphatic rings. The van der Waals surface area contributed by atoms with Crippen molar-refractivity contribution in [3.63, 3.8) is 0 Å². The molecule has 8 nitrogen and oxygen atoms in total. The number of nitrogens with zero attached hydrogens (tertiary/aromatic N) is 2. The van der Waals surface area contributed by atoms with Crippen LogP contribution in [0.2, 0.25) is 0 Å². The quantitative estimate of drug-likeness (QED) is 0.490. The third kappa shape index (κ3) is 4.78. The topological polar surface area (TPSA) is 116 Å². The first-order valence-corrected chi connectivity index (χ1v) is 8.09. The summed E-state index contributed by atoms with van der Waals surface area (Å²) in [6.45, 7) is 1.77. The molecule has 0 atom stereocenters. The minimum absolute atomic E-state index is 0.135. The number of rotatable bonds is 8. The normalized spacial score (nSPS) is 10.4. The van der Waals surface area contributed by atoms with E-state index in [0.29, 0.717) is 5.69 Å². The Hall–Kier alpha value is -2.97. The van der Waals surface area contributed by atoms with Crippen molar-refractivity contribution < 1.29 is 19.9 Å². The van der Waals surface area contributed by atoms with Gasteiger partial charge >= 0.3 is 0 Å². The van der Waals surface area contributed by atoms with Gasteiger partial charge < -0.3 is 20.4 Å². The van der Waals surface area contributed by atoms with Crippen molar-refractivity contribution >= 4 is 23.0 Å². The highest BCUT2D eigenvalue weighted by atomic mass is 16.6. The number of aliphatic hydroxyl groups excluding tert-OH is 2. The molecule has 0 saturated carbocycles. The van der Waals surface area contributed by atoms with E-state index < -0.39 is 10.8 Å². The van der Waals surface area contributed by atoms with Gasteiger partial charge in [0.25, 0.3) is 11.6 Å². The van der Waals surface area contributed by atoms with Crippen molar-refractivity contribution in [1.29, 1.82) is 0 Å². The van der Waals surface area contributed by atoms with E-state index in [4.69, 9.17) is 10.2 Å². The van der Waals surface area contributed by atoms with Crippen molar-refractivity contribution in [2.45, 2.75) is 6.92 Å². The van der Waals surface area contributed by atoms with Crippen LogP contribution >= 0.6 is 0 Å². The lowest BCUT2D eigenvalue weighted by atomic mass is 10.1. The highest BCUT2D eigenvalue weighted by Crippen LogP contribution is 2.29. The molecule has 0 unspecified atom stereocenters. The number of benzene rings is 2. The van der Waals surface area contributed by atoms with E-state index >= 15 is 0 Å². The average Bonchev–Trinajstić information content (AvgIpc) is 2.63. The molecule has 0 spiro atoms. The maximum atomic E-state index is 12.4. The van der Waals surface area contributed by atoms with Gasteiger partial charge in [-0.25, -0.2) is 0 Å². The second-order valence-electron chi connectivity index (χ2n) is 5.72. The van der Waals surface area contributed by atoms with Gasteiger partial charge in [-0.2, -0.15) is 0 Å². The molecule has 2 aromatic carbocycles. The van der Waals surface area contributed by atoms with Gasteiger partial charge in [-0.05, 0) is 31.2 Å². The molecule has 1 amide bonds. The number of hydrogen-bond donors (Lipinski definition) is 3. The van der Waals surface area contributed by atoms with Crippen LogP contribution in [0.15, 0.2) is 42.5 Å². The number of hydrogen-bond acceptors (Lipinski definition) is 6. The molecule has 0 fully saturated rings. The van der Waals surface area contributed by atoms with Gasteiger partial charge in [0.15, 0.2) is 0 Å². The molecule has 0 saturated heterocycles. The zero-order valence-electron chi connectivity index (χ0n) is 14.4. The first-order chi connectivity index (χ1) is 12.5. The predicted octanol–water partition coefficient (Wildman–Crippen LogP) is 1.95. The molecule has 2 aromatic rings. The van der Waals surface area contributed by atoms with Gasteiger partial charge in [0.05, 0.1) is 18.1 Å². The van der Waals surface area contributed by atoms with Crippen molar-refractivity contribution in [2.24, 2.45) is 0 Å². The van der Waals surface area contributed by atoms with Crippen LogP contribution in [-0.4, -0.2) is 47.3 Å². The summed E-state index contributed by atoms with van der Waals surface area (Å²) in [6, 6.07) is 11.3. The Kier molecular flexibility index (Phi) is 6.65. The summed E-state index contributed by atoms with van der Waals surface area (Å²) in [5.74, 6) is -0.459. The summed E-state index contributed by atoms with van der Waals surface area (Å²) in [7, 11) is 0. The van der Waals surface area contributed by atoms with Crippen molar-refractivity contribution in [1.82, 2.24) is 0 Å². The summed E-state index contributed by atoms with van der Waals surface area (Å²) in [6.07, 6.45) is 0. The Morgan fingerprint density at radius 2 is 1.73 bits per heavy atom. The molecular weight excluding hydrogens is 338 g/mol. The Bertz CT molecular complexity index is 771. The second-order valence-corrected chi connectivity index (χ2v) is 5.72. The van der Waals surface area contributed by atoms with Crippen LogP contribution in [0.4, 0.5) is 17.1 Å². The predicted molar refractivity (Wildman–Crippen MR) is 98.6 cm³/mol. The fourth-order valence-electron chi connectivity index (χ4n) is 2.51. The number of nitro benzene ring substituents is 1. The van der Waals surface area contributed by atoms with E-state index in [1.165, 1.54) is 23.1 Å². The smallest absolute Gasteiger partial charge is 0.293 e. The highest BCUT2D eigenvalue weighted by Gasteiger charge is 2.21. The first kappa shape index (κ1) is 19.4. The van der Waals surface area contributed by atoms with Crippen molar-refractivity contribution in [3.8, 4) is 0 Å². The fourth-order valence-corrected chi connectivity index (χ4v) is 2.51. The van der Waals surface area contributed by atoms with E-state index in [0.717, 1.165) is 5.56 Å². The zero-order valence-corrected chi connectivity index (χ0v) is 14.4. The van der Waals surface area contributed by atoms with Crippen LogP contribution in [0.5, 0.6) is 0 Å². The average molecular weight is 359 g/mol. The summed E-state index contributed by atoms with van der Waals surface area (Å²) >= 11 is 0. The van der Waals surface area contributed by atoms with E-state index in [1.54, 1.807) is 12.1 Å². The van der Waals surface area contributed by atoms with Crippen molar-refractivity contribution in [2.75, 3.05) is 36.5 Å². The maximum Gasteiger partial charge on any atom is 0.293 e. The van der Waals surface area contributed by atoms with Crippen LogP contribution in [0, 0.1) is 17.0 Å².